The highest BCUT2D eigenvalue weighted by Gasteiger charge is 2.21. The summed E-state index contributed by atoms with van der Waals surface area (Å²) in [6.45, 7) is 2.31. The maximum atomic E-state index is 5.85. The monoisotopic (exact) mass is 220 g/mol. The third-order valence-electron chi connectivity index (χ3n) is 3.41. The van der Waals surface area contributed by atoms with Crippen LogP contribution in [0.5, 0.6) is 5.75 Å². The van der Waals surface area contributed by atoms with Crippen LogP contribution in [0.15, 0.2) is 18.2 Å². The molecule has 88 valence electrons. The summed E-state index contributed by atoms with van der Waals surface area (Å²) in [5, 5.41) is 0. The Labute approximate surface area is 97.2 Å². The molecule has 0 unspecified atom stereocenters. The zero-order valence-electron chi connectivity index (χ0n) is 10.1. The van der Waals surface area contributed by atoms with E-state index in [4.69, 9.17) is 10.5 Å². The fourth-order valence-electron chi connectivity index (χ4n) is 2.39. The normalized spacial score (nSPS) is 18.6. The molecule has 16 heavy (non-hydrogen) atoms. The van der Waals surface area contributed by atoms with E-state index < -0.39 is 0 Å². The number of hydrogen-bond donors (Lipinski definition) is 1. The van der Waals surface area contributed by atoms with Crippen LogP contribution in [0, 0.1) is 0 Å². The first kappa shape index (κ1) is 11.3. The molecule has 1 aliphatic heterocycles. The summed E-state index contributed by atoms with van der Waals surface area (Å²) >= 11 is 0. The van der Waals surface area contributed by atoms with Crippen molar-refractivity contribution in [3.05, 3.63) is 23.8 Å². The molecule has 0 spiro atoms. The lowest BCUT2D eigenvalue weighted by atomic mass is 9.88. The minimum Gasteiger partial charge on any atom is -0.496 e. The van der Waals surface area contributed by atoms with E-state index in [-0.39, 0.29) is 0 Å². The van der Waals surface area contributed by atoms with Crippen LogP contribution in [0.4, 0.5) is 5.69 Å². The smallest absolute Gasteiger partial charge is 0.122 e. The van der Waals surface area contributed by atoms with E-state index in [0.717, 1.165) is 24.5 Å². The van der Waals surface area contributed by atoms with Crippen LogP contribution < -0.4 is 10.5 Å². The highest BCUT2D eigenvalue weighted by molar-refractivity contribution is 5.49. The molecule has 3 heteroatoms. The maximum Gasteiger partial charge on any atom is 0.122 e. The van der Waals surface area contributed by atoms with Gasteiger partial charge in [0, 0.05) is 5.69 Å². The third kappa shape index (κ3) is 2.30. The van der Waals surface area contributed by atoms with E-state index >= 15 is 0 Å². The zero-order valence-corrected chi connectivity index (χ0v) is 10.1. The molecule has 0 amide bonds. The summed E-state index contributed by atoms with van der Waals surface area (Å²) in [5.41, 5.74) is 7.95. The molecule has 0 aliphatic carbocycles. The Morgan fingerprint density at radius 2 is 2.00 bits per heavy atom. The van der Waals surface area contributed by atoms with Gasteiger partial charge in [0.15, 0.2) is 0 Å². The number of likely N-dealkylation sites (tertiary alicyclic amines) is 1. The Kier molecular flexibility index (Phi) is 3.34. The highest BCUT2D eigenvalue weighted by atomic mass is 16.5. The highest BCUT2D eigenvalue weighted by Crippen LogP contribution is 2.34. The van der Waals surface area contributed by atoms with E-state index in [9.17, 15) is 0 Å². The molecule has 0 bridgehead atoms. The van der Waals surface area contributed by atoms with Gasteiger partial charge in [-0.3, -0.25) is 0 Å². The van der Waals surface area contributed by atoms with Gasteiger partial charge in [0.2, 0.25) is 0 Å². The van der Waals surface area contributed by atoms with Gasteiger partial charge in [-0.1, -0.05) is 0 Å². The molecule has 0 saturated carbocycles. The van der Waals surface area contributed by atoms with Gasteiger partial charge in [-0.15, -0.1) is 0 Å². The number of piperidine rings is 1. The minimum atomic E-state index is 0.592. The van der Waals surface area contributed by atoms with Crippen LogP contribution in [-0.2, 0) is 0 Å². The first-order valence-corrected chi connectivity index (χ1v) is 5.82. The van der Waals surface area contributed by atoms with E-state index in [1.54, 1.807) is 7.11 Å². The molecular weight excluding hydrogens is 200 g/mol. The fraction of sp³-hybridized carbons (Fsp3) is 0.538. The summed E-state index contributed by atoms with van der Waals surface area (Å²) < 4.78 is 5.41. The van der Waals surface area contributed by atoms with Gasteiger partial charge in [-0.25, -0.2) is 0 Å². The molecule has 2 N–H and O–H groups in total. The molecule has 2 rings (SSSR count). The number of benzene rings is 1. The van der Waals surface area contributed by atoms with Crippen molar-refractivity contribution >= 4 is 5.69 Å². The van der Waals surface area contributed by atoms with Crippen LogP contribution in [0.2, 0.25) is 0 Å². The second kappa shape index (κ2) is 4.74. The zero-order chi connectivity index (χ0) is 11.5. The fourth-order valence-corrected chi connectivity index (χ4v) is 2.39. The third-order valence-corrected chi connectivity index (χ3v) is 3.41. The van der Waals surface area contributed by atoms with Gasteiger partial charge in [0.25, 0.3) is 0 Å². The van der Waals surface area contributed by atoms with Crippen LogP contribution in [0.25, 0.3) is 0 Å². The summed E-state index contributed by atoms with van der Waals surface area (Å²) in [6, 6.07) is 5.94. The first-order valence-electron chi connectivity index (χ1n) is 5.82. The van der Waals surface area contributed by atoms with Crippen molar-refractivity contribution < 1.29 is 4.74 Å². The molecule has 3 nitrogen and oxygen atoms in total. The number of nitrogen functional groups attached to an aromatic ring is 1. The minimum absolute atomic E-state index is 0.592. The predicted molar refractivity (Wildman–Crippen MR) is 66.9 cm³/mol. The number of methoxy groups -OCH3 is 1. The summed E-state index contributed by atoms with van der Waals surface area (Å²) in [5.74, 6) is 1.57. The lowest BCUT2D eigenvalue weighted by Crippen LogP contribution is -2.29. The van der Waals surface area contributed by atoms with Crippen molar-refractivity contribution in [2.75, 3.05) is 33.0 Å². The Balaban J connectivity index is 2.21. The maximum absolute atomic E-state index is 5.85. The first-order chi connectivity index (χ1) is 7.70. The van der Waals surface area contributed by atoms with Crippen LogP contribution in [0.3, 0.4) is 0 Å². The molecule has 1 heterocycles. The molecule has 1 aromatic rings. The van der Waals surface area contributed by atoms with Crippen molar-refractivity contribution in [1.82, 2.24) is 4.90 Å². The van der Waals surface area contributed by atoms with Crippen molar-refractivity contribution in [3.8, 4) is 5.75 Å². The van der Waals surface area contributed by atoms with Gasteiger partial charge in [-0.2, -0.15) is 0 Å². The van der Waals surface area contributed by atoms with Crippen LogP contribution >= 0.6 is 0 Å². The average molecular weight is 220 g/mol. The number of ether oxygens (including phenoxy) is 1. The Morgan fingerprint density at radius 3 is 2.62 bits per heavy atom. The predicted octanol–water partition coefficient (Wildman–Crippen LogP) is 2.09. The number of nitrogens with zero attached hydrogens (tertiary/aromatic N) is 1. The van der Waals surface area contributed by atoms with Crippen molar-refractivity contribution in [2.45, 2.75) is 18.8 Å². The van der Waals surface area contributed by atoms with Crippen molar-refractivity contribution in [1.29, 1.82) is 0 Å². The summed E-state index contributed by atoms with van der Waals surface area (Å²) in [7, 11) is 3.90. The van der Waals surface area contributed by atoms with E-state index in [2.05, 4.69) is 18.0 Å². The molecule has 1 fully saturated rings. The lowest BCUT2D eigenvalue weighted by molar-refractivity contribution is 0.252. The number of nitrogens with two attached hydrogens (primary N) is 1. The van der Waals surface area contributed by atoms with Gasteiger partial charge in [0.05, 0.1) is 7.11 Å². The molecule has 0 atom stereocenters. The molecule has 0 radical (unpaired) electrons. The van der Waals surface area contributed by atoms with Crippen LogP contribution in [-0.4, -0.2) is 32.1 Å². The second-order valence-corrected chi connectivity index (χ2v) is 4.58. The molecule has 1 aliphatic rings. The molecule has 1 aromatic carbocycles. The summed E-state index contributed by atoms with van der Waals surface area (Å²) in [6.07, 6.45) is 2.38. The van der Waals surface area contributed by atoms with E-state index in [0.29, 0.717) is 5.92 Å². The van der Waals surface area contributed by atoms with Gasteiger partial charge < -0.3 is 15.4 Å². The number of hydrogen-bond acceptors (Lipinski definition) is 3. The van der Waals surface area contributed by atoms with Gasteiger partial charge >= 0.3 is 0 Å². The van der Waals surface area contributed by atoms with E-state index in [1.165, 1.54) is 18.4 Å². The van der Waals surface area contributed by atoms with Gasteiger partial charge in [-0.05, 0) is 62.7 Å². The molecular formula is C13H20N2O. The molecule has 0 aromatic heterocycles. The Bertz CT molecular complexity index is 357. The number of rotatable bonds is 2. The largest absolute Gasteiger partial charge is 0.496 e. The standard InChI is InChI=1S/C13H20N2O/c1-15-7-5-10(6-8-15)12-9-11(14)3-4-13(12)16-2/h3-4,9-10H,5-8,14H2,1-2H3. The van der Waals surface area contributed by atoms with Crippen LogP contribution in [0.1, 0.15) is 24.3 Å². The average Bonchev–Trinajstić information content (AvgIpc) is 2.30. The number of anilines is 1. The SMILES string of the molecule is COc1ccc(N)cc1C1CCN(C)CC1. The Hall–Kier alpha value is -1.22. The van der Waals surface area contributed by atoms with Crippen molar-refractivity contribution in [3.63, 3.8) is 0 Å². The second-order valence-electron chi connectivity index (χ2n) is 4.58. The summed E-state index contributed by atoms with van der Waals surface area (Å²) in [4.78, 5) is 2.37. The van der Waals surface area contributed by atoms with Crippen molar-refractivity contribution in [2.24, 2.45) is 0 Å². The topological polar surface area (TPSA) is 38.5 Å². The lowest BCUT2D eigenvalue weighted by Gasteiger charge is -2.30. The Morgan fingerprint density at radius 1 is 1.31 bits per heavy atom. The van der Waals surface area contributed by atoms with E-state index in [1.807, 2.05) is 12.1 Å². The van der Waals surface area contributed by atoms with Gasteiger partial charge in [0.1, 0.15) is 5.75 Å². The quantitative estimate of drug-likeness (QED) is 0.776. The molecule has 1 saturated heterocycles.